The van der Waals surface area contributed by atoms with Crippen molar-refractivity contribution in [2.45, 2.75) is 70.9 Å². The van der Waals surface area contributed by atoms with E-state index in [2.05, 4.69) is 14.8 Å². The minimum Gasteiger partial charge on any atom is -0.475 e. The molecule has 214 valence electrons. The summed E-state index contributed by atoms with van der Waals surface area (Å²) < 4.78 is 18.7. The van der Waals surface area contributed by atoms with Gasteiger partial charge >= 0.3 is 5.97 Å². The molecule has 2 aliphatic heterocycles. The highest BCUT2D eigenvalue weighted by Crippen LogP contribution is 2.43. The molecule has 0 amide bonds. The third-order valence-electron chi connectivity index (χ3n) is 8.31. The van der Waals surface area contributed by atoms with Gasteiger partial charge in [-0.2, -0.15) is 5.10 Å². The normalized spacial score (nSPS) is 19.2. The van der Waals surface area contributed by atoms with Crippen LogP contribution in [0.2, 0.25) is 0 Å². The first kappa shape index (κ1) is 27.0. The SMILES string of the molecule is CCOC(=O)c1cc(N2CCC(N3CCOCC3)CC2)c2c(C3CCC3)nn(-c3ccnc(OC(C)C)c3)c2n1. The zero-order valence-corrected chi connectivity index (χ0v) is 23.8. The molecule has 3 aromatic heterocycles. The van der Waals surface area contributed by atoms with Crippen molar-refractivity contribution < 1.29 is 19.0 Å². The highest BCUT2D eigenvalue weighted by molar-refractivity contribution is 5.99. The molecule has 5 heterocycles. The van der Waals surface area contributed by atoms with Crippen LogP contribution in [-0.4, -0.2) is 88.8 Å². The lowest BCUT2D eigenvalue weighted by atomic mass is 9.82. The zero-order chi connectivity index (χ0) is 27.6. The summed E-state index contributed by atoms with van der Waals surface area (Å²) in [7, 11) is 0. The smallest absolute Gasteiger partial charge is 0.357 e. The minimum atomic E-state index is -0.412. The summed E-state index contributed by atoms with van der Waals surface area (Å²) in [5.74, 6) is 0.510. The van der Waals surface area contributed by atoms with Crippen LogP contribution in [0.1, 0.15) is 75.0 Å². The van der Waals surface area contributed by atoms with Crippen LogP contribution < -0.4 is 9.64 Å². The van der Waals surface area contributed by atoms with E-state index in [-0.39, 0.29) is 6.10 Å². The van der Waals surface area contributed by atoms with E-state index in [1.54, 1.807) is 6.20 Å². The summed E-state index contributed by atoms with van der Waals surface area (Å²) in [6.45, 7) is 11.6. The van der Waals surface area contributed by atoms with Crippen molar-refractivity contribution in [2.24, 2.45) is 0 Å². The van der Waals surface area contributed by atoms with Crippen molar-refractivity contribution in [3.8, 4) is 11.6 Å². The number of esters is 1. The first-order chi connectivity index (χ1) is 19.5. The van der Waals surface area contributed by atoms with Gasteiger partial charge in [0, 0.05) is 50.4 Å². The molecule has 0 aromatic carbocycles. The average molecular weight is 549 g/mol. The molecule has 3 aromatic rings. The fourth-order valence-corrected chi connectivity index (χ4v) is 6.08. The van der Waals surface area contributed by atoms with Crippen molar-refractivity contribution in [1.82, 2.24) is 24.6 Å². The molecule has 1 aliphatic carbocycles. The lowest BCUT2D eigenvalue weighted by molar-refractivity contribution is 0.0115. The molecular weight excluding hydrogens is 508 g/mol. The van der Waals surface area contributed by atoms with E-state index in [1.807, 2.05) is 43.7 Å². The number of aromatic nitrogens is 4. The molecule has 10 heteroatoms. The summed E-state index contributed by atoms with van der Waals surface area (Å²) in [6, 6.07) is 6.30. The molecule has 40 heavy (non-hydrogen) atoms. The van der Waals surface area contributed by atoms with Gasteiger partial charge in [0.25, 0.3) is 0 Å². The predicted molar refractivity (Wildman–Crippen MR) is 153 cm³/mol. The van der Waals surface area contributed by atoms with Crippen LogP contribution in [0, 0.1) is 0 Å². The largest absolute Gasteiger partial charge is 0.475 e. The van der Waals surface area contributed by atoms with Gasteiger partial charge in [-0.15, -0.1) is 0 Å². The summed E-state index contributed by atoms with van der Waals surface area (Å²) in [5, 5.41) is 6.21. The van der Waals surface area contributed by atoms with Gasteiger partial charge in [0.1, 0.15) is 0 Å². The van der Waals surface area contributed by atoms with E-state index in [4.69, 9.17) is 24.3 Å². The second-order valence-electron chi connectivity index (χ2n) is 11.3. The molecule has 0 unspecified atom stereocenters. The summed E-state index contributed by atoms with van der Waals surface area (Å²) in [5.41, 5.74) is 3.91. The van der Waals surface area contributed by atoms with Crippen LogP contribution in [0.25, 0.3) is 16.7 Å². The molecule has 0 bridgehead atoms. The Labute approximate surface area is 235 Å². The van der Waals surface area contributed by atoms with Gasteiger partial charge in [-0.25, -0.2) is 19.4 Å². The van der Waals surface area contributed by atoms with Crippen LogP contribution in [0.3, 0.4) is 0 Å². The van der Waals surface area contributed by atoms with Crippen molar-refractivity contribution >= 4 is 22.7 Å². The van der Waals surface area contributed by atoms with Gasteiger partial charge < -0.3 is 19.1 Å². The van der Waals surface area contributed by atoms with E-state index < -0.39 is 5.97 Å². The van der Waals surface area contributed by atoms with Gasteiger partial charge in [-0.3, -0.25) is 4.90 Å². The number of morpholine rings is 1. The van der Waals surface area contributed by atoms with Crippen LogP contribution in [0.15, 0.2) is 24.4 Å². The summed E-state index contributed by atoms with van der Waals surface area (Å²) >= 11 is 0. The number of carbonyl (C=O) groups excluding carboxylic acids is 1. The second kappa shape index (κ2) is 11.7. The molecule has 0 atom stereocenters. The maximum absolute atomic E-state index is 13.0. The topological polar surface area (TPSA) is 94.8 Å². The van der Waals surface area contributed by atoms with Gasteiger partial charge in [0.2, 0.25) is 5.88 Å². The van der Waals surface area contributed by atoms with Crippen LogP contribution in [0.5, 0.6) is 5.88 Å². The third kappa shape index (κ3) is 5.39. The Morgan fingerprint density at radius 2 is 1.88 bits per heavy atom. The Bertz CT molecular complexity index is 1340. The van der Waals surface area contributed by atoms with Gasteiger partial charge in [-0.1, -0.05) is 6.42 Å². The van der Waals surface area contributed by atoms with Gasteiger partial charge in [0.15, 0.2) is 11.3 Å². The molecule has 10 nitrogen and oxygen atoms in total. The standard InChI is InChI=1S/C30H40N6O4/c1-4-39-30(37)24-19-25(35-12-9-22(10-13-35)34-14-16-38-17-15-34)27-28(21-6-5-7-21)33-36(29(27)32-24)23-8-11-31-26(18-23)40-20(2)3/h8,11,18-22H,4-7,9-10,12-17H2,1-3H3. The molecule has 3 aliphatic rings. The van der Waals surface area contributed by atoms with Gasteiger partial charge in [-0.05, 0) is 58.6 Å². The van der Waals surface area contributed by atoms with E-state index >= 15 is 0 Å². The summed E-state index contributed by atoms with van der Waals surface area (Å²) in [6.07, 6.45) is 7.32. The van der Waals surface area contributed by atoms with Crippen LogP contribution in [-0.2, 0) is 9.47 Å². The van der Waals surface area contributed by atoms with E-state index in [1.165, 1.54) is 6.42 Å². The monoisotopic (exact) mass is 548 g/mol. The average Bonchev–Trinajstić information content (AvgIpc) is 3.31. The molecule has 0 spiro atoms. The highest BCUT2D eigenvalue weighted by atomic mass is 16.5. The molecule has 0 radical (unpaired) electrons. The number of anilines is 1. The van der Waals surface area contributed by atoms with Crippen molar-refractivity contribution in [3.05, 3.63) is 35.8 Å². The number of nitrogens with zero attached hydrogens (tertiary/aromatic N) is 6. The summed E-state index contributed by atoms with van der Waals surface area (Å²) in [4.78, 5) is 27.3. The fourth-order valence-electron chi connectivity index (χ4n) is 6.08. The van der Waals surface area contributed by atoms with Crippen LogP contribution >= 0.6 is 0 Å². The quantitative estimate of drug-likeness (QED) is 0.381. The highest BCUT2D eigenvalue weighted by Gasteiger charge is 2.33. The molecule has 3 fully saturated rings. The van der Waals surface area contributed by atoms with E-state index in [0.29, 0.717) is 35.8 Å². The number of fused-ring (bicyclic) bond motifs is 1. The Morgan fingerprint density at radius 1 is 1.10 bits per heavy atom. The number of pyridine rings is 2. The molecule has 0 N–H and O–H groups in total. The Hall–Kier alpha value is -3.24. The van der Waals surface area contributed by atoms with Crippen molar-refractivity contribution in [2.75, 3.05) is 50.9 Å². The van der Waals surface area contributed by atoms with Crippen LogP contribution in [0.4, 0.5) is 5.69 Å². The number of piperidine rings is 1. The lowest BCUT2D eigenvalue weighted by Gasteiger charge is -2.41. The van der Waals surface area contributed by atoms with Crippen molar-refractivity contribution in [3.63, 3.8) is 0 Å². The number of hydrogen-bond donors (Lipinski definition) is 0. The Morgan fingerprint density at radius 3 is 2.55 bits per heavy atom. The molecule has 1 saturated carbocycles. The molecular formula is C30H40N6O4. The van der Waals surface area contributed by atoms with Crippen molar-refractivity contribution in [1.29, 1.82) is 0 Å². The Balaban J connectivity index is 1.43. The lowest BCUT2D eigenvalue weighted by Crippen LogP contribution is -2.49. The molecule has 6 rings (SSSR count). The number of rotatable bonds is 8. The number of hydrogen-bond acceptors (Lipinski definition) is 9. The second-order valence-corrected chi connectivity index (χ2v) is 11.3. The third-order valence-corrected chi connectivity index (χ3v) is 8.31. The number of ether oxygens (including phenoxy) is 3. The fraction of sp³-hybridized carbons (Fsp3) is 0.600. The predicted octanol–water partition coefficient (Wildman–Crippen LogP) is 4.35. The maximum atomic E-state index is 13.0. The zero-order valence-electron chi connectivity index (χ0n) is 23.8. The van der Waals surface area contributed by atoms with E-state index in [0.717, 1.165) is 87.5 Å². The molecule has 2 saturated heterocycles. The van der Waals surface area contributed by atoms with Gasteiger partial charge in [0.05, 0.1) is 48.4 Å². The first-order valence-corrected chi connectivity index (χ1v) is 14.8. The first-order valence-electron chi connectivity index (χ1n) is 14.8. The number of carbonyl (C=O) groups is 1. The maximum Gasteiger partial charge on any atom is 0.357 e. The Kier molecular flexibility index (Phi) is 7.89. The van der Waals surface area contributed by atoms with E-state index in [9.17, 15) is 4.79 Å². The minimum absolute atomic E-state index is 0.00295.